The van der Waals surface area contributed by atoms with Crippen LogP contribution in [0.5, 0.6) is 0 Å². The third-order valence-corrected chi connectivity index (χ3v) is 3.48. The number of nitrogens with zero attached hydrogens (tertiary/aromatic N) is 4. The molecule has 24 heavy (non-hydrogen) atoms. The Morgan fingerprint density at radius 1 is 1.17 bits per heavy atom. The van der Waals surface area contributed by atoms with E-state index in [1.54, 1.807) is 18.2 Å². The predicted molar refractivity (Wildman–Crippen MR) is 86.2 cm³/mol. The van der Waals surface area contributed by atoms with E-state index in [1.807, 2.05) is 31.2 Å². The van der Waals surface area contributed by atoms with Crippen LogP contribution in [0, 0.1) is 12.7 Å². The summed E-state index contributed by atoms with van der Waals surface area (Å²) in [5, 5.41) is 14.6. The number of carbonyl (C=O) groups excluding carboxylic acids is 1. The first kappa shape index (κ1) is 15.8. The van der Waals surface area contributed by atoms with Crippen LogP contribution in [0.15, 0.2) is 48.5 Å². The maximum absolute atomic E-state index is 13.5. The Balaban J connectivity index is 1.59. The molecule has 1 heterocycles. The molecule has 0 saturated carbocycles. The molecule has 0 aliphatic carbocycles. The zero-order chi connectivity index (χ0) is 16.9. The van der Waals surface area contributed by atoms with Gasteiger partial charge < -0.3 is 5.32 Å². The molecule has 122 valence electrons. The van der Waals surface area contributed by atoms with Crippen molar-refractivity contribution in [3.05, 3.63) is 65.5 Å². The second kappa shape index (κ2) is 6.99. The quantitative estimate of drug-likeness (QED) is 0.780. The van der Waals surface area contributed by atoms with E-state index >= 15 is 0 Å². The predicted octanol–water partition coefficient (Wildman–Crippen LogP) is 2.10. The summed E-state index contributed by atoms with van der Waals surface area (Å²) in [6.45, 7) is 2.03. The van der Waals surface area contributed by atoms with Crippen LogP contribution in [-0.2, 0) is 17.9 Å². The molecule has 3 aromatic rings. The summed E-state index contributed by atoms with van der Waals surface area (Å²) >= 11 is 0. The minimum Gasteiger partial charge on any atom is -0.350 e. The molecule has 0 spiro atoms. The van der Waals surface area contributed by atoms with E-state index in [0.29, 0.717) is 11.4 Å². The van der Waals surface area contributed by atoms with E-state index in [-0.39, 0.29) is 24.8 Å². The number of benzene rings is 2. The smallest absolute Gasteiger partial charge is 0.243 e. The van der Waals surface area contributed by atoms with Gasteiger partial charge in [0.05, 0.1) is 0 Å². The fourth-order valence-corrected chi connectivity index (χ4v) is 2.15. The van der Waals surface area contributed by atoms with Gasteiger partial charge in [-0.3, -0.25) is 4.79 Å². The Hall–Kier alpha value is -3.09. The van der Waals surface area contributed by atoms with Crippen molar-refractivity contribution in [2.24, 2.45) is 0 Å². The van der Waals surface area contributed by atoms with E-state index < -0.39 is 0 Å². The minimum atomic E-state index is -0.349. The van der Waals surface area contributed by atoms with Crippen molar-refractivity contribution in [2.75, 3.05) is 0 Å². The van der Waals surface area contributed by atoms with E-state index in [1.165, 1.54) is 10.9 Å². The van der Waals surface area contributed by atoms with Crippen LogP contribution in [0.2, 0.25) is 0 Å². The van der Waals surface area contributed by atoms with Crippen molar-refractivity contribution < 1.29 is 9.18 Å². The lowest BCUT2D eigenvalue weighted by molar-refractivity contribution is -0.122. The third kappa shape index (κ3) is 3.81. The molecule has 2 aromatic carbocycles. The van der Waals surface area contributed by atoms with E-state index in [4.69, 9.17) is 0 Å². The highest BCUT2D eigenvalue weighted by Crippen LogP contribution is 2.13. The number of amides is 1. The summed E-state index contributed by atoms with van der Waals surface area (Å²) in [4.78, 5) is 13.1. The van der Waals surface area contributed by atoms with Crippen LogP contribution in [0.4, 0.5) is 4.39 Å². The molecular weight excluding hydrogens is 309 g/mol. The Morgan fingerprint density at radius 2 is 1.92 bits per heavy atom. The molecule has 0 aliphatic heterocycles. The number of nitrogens with one attached hydrogen (secondary N) is 1. The molecule has 1 N–H and O–H groups in total. The number of tetrazole rings is 1. The summed E-state index contributed by atoms with van der Waals surface area (Å²) < 4.78 is 13.5. The number of hydrogen-bond donors (Lipinski definition) is 1. The highest BCUT2D eigenvalue weighted by Gasteiger charge is 2.10. The van der Waals surface area contributed by atoms with Gasteiger partial charge in [0, 0.05) is 17.7 Å². The van der Waals surface area contributed by atoms with Crippen molar-refractivity contribution in [3.8, 4) is 11.4 Å². The highest BCUT2D eigenvalue weighted by molar-refractivity contribution is 5.75. The Labute approximate surface area is 138 Å². The molecule has 1 aromatic heterocycles. The number of carbonyl (C=O) groups is 1. The van der Waals surface area contributed by atoms with Gasteiger partial charge in [-0.25, -0.2) is 4.39 Å². The van der Waals surface area contributed by atoms with E-state index in [0.717, 1.165) is 11.1 Å². The van der Waals surface area contributed by atoms with Crippen molar-refractivity contribution in [1.29, 1.82) is 0 Å². The summed E-state index contributed by atoms with van der Waals surface area (Å²) in [6, 6.07) is 14.0. The number of aromatic nitrogens is 4. The third-order valence-electron chi connectivity index (χ3n) is 3.48. The summed E-state index contributed by atoms with van der Waals surface area (Å²) in [7, 11) is 0. The molecule has 0 bridgehead atoms. The standard InChI is InChI=1S/C17H16FN5O/c1-12-6-8-13(9-7-12)17-20-22-23(21-17)11-16(24)19-10-14-4-2-3-5-15(14)18/h2-9H,10-11H2,1H3,(H,19,24). The van der Waals surface area contributed by atoms with Gasteiger partial charge >= 0.3 is 0 Å². The molecule has 0 radical (unpaired) electrons. The fraction of sp³-hybridized carbons (Fsp3) is 0.176. The fourth-order valence-electron chi connectivity index (χ4n) is 2.15. The van der Waals surface area contributed by atoms with Crippen molar-refractivity contribution in [2.45, 2.75) is 20.0 Å². The molecule has 3 rings (SSSR count). The van der Waals surface area contributed by atoms with E-state index in [9.17, 15) is 9.18 Å². The average Bonchev–Trinajstić information content (AvgIpc) is 3.03. The zero-order valence-corrected chi connectivity index (χ0v) is 13.1. The second-order valence-electron chi connectivity index (χ2n) is 5.38. The maximum Gasteiger partial charge on any atom is 0.243 e. The maximum atomic E-state index is 13.5. The SMILES string of the molecule is Cc1ccc(-c2nnn(CC(=O)NCc3ccccc3F)n2)cc1. The molecular formula is C17H16FN5O. The molecule has 1 amide bonds. The molecule has 6 nitrogen and oxygen atoms in total. The summed E-state index contributed by atoms with van der Waals surface area (Å²) in [5.41, 5.74) is 2.40. The first-order valence-electron chi connectivity index (χ1n) is 7.47. The van der Waals surface area contributed by atoms with Gasteiger partial charge in [0.2, 0.25) is 11.7 Å². The van der Waals surface area contributed by atoms with Crippen LogP contribution >= 0.6 is 0 Å². The molecule has 7 heteroatoms. The molecule has 0 aliphatic rings. The van der Waals surface area contributed by atoms with Crippen LogP contribution in [0.3, 0.4) is 0 Å². The first-order chi connectivity index (χ1) is 11.6. The lowest BCUT2D eigenvalue weighted by atomic mass is 10.1. The Morgan fingerprint density at radius 3 is 2.67 bits per heavy atom. The van der Waals surface area contributed by atoms with Crippen molar-refractivity contribution in [1.82, 2.24) is 25.5 Å². The highest BCUT2D eigenvalue weighted by atomic mass is 19.1. The molecule has 0 saturated heterocycles. The topological polar surface area (TPSA) is 72.7 Å². The van der Waals surface area contributed by atoms with Gasteiger partial charge in [-0.15, -0.1) is 10.2 Å². The van der Waals surface area contributed by atoms with Crippen LogP contribution in [0.1, 0.15) is 11.1 Å². The first-order valence-corrected chi connectivity index (χ1v) is 7.47. The van der Waals surface area contributed by atoms with Crippen LogP contribution in [-0.4, -0.2) is 26.1 Å². The molecule has 0 atom stereocenters. The minimum absolute atomic E-state index is 0.0761. The van der Waals surface area contributed by atoms with E-state index in [2.05, 4.69) is 20.7 Å². The number of rotatable bonds is 5. The van der Waals surface area contributed by atoms with Gasteiger partial charge in [-0.1, -0.05) is 48.0 Å². The van der Waals surface area contributed by atoms with Gasteiger partial charge in [0.15, 0.2) is 0 Å². The van der Waals surface area contributed by atoms with Crippen LogP contribution < -0.4 is 5.32 Å². The monoisotopic (exact) mass is 325 g/mol. The van der Waals surface area contributed by atoms with Crippen LogP contribution in [0.25, 0.3) is 11.4 Å². The zero-order valence-electron chi connectivity index (χ0n) is 13.1. The average molecular weight is 325 g/mol. The second-order valence-corrected chi connectivity index (χ2v) is 5.38. The van der Waals surface area contributed by atoms with Gasteiger partial charge in [0.1, 0.15) is 12.4 Å². The largest absolute Gasteiger partial charge is 0.350 e. The summed E-state index contributed by atoms with van der Waals surface area (Å²) in [5.74, 6) is -0.207. The Bertz CT molecular complexity index is 844. The molecule has 0 unspecified atom stereocenters. The lowest BCUT2D eigenvalue weighted by Gasteiger charge is -2.05. The number of hydrogen-bond acceptors (Lipinski definition) is 4. The van der Waals surface area contributed by atoms with Gasteiger partial charge in [-0.2, -0.15) is 4.80 Å². The Kier molecular flexibility index (Phi) is 4.60. The summed E-state index contributed by atoms with van der Waals surface area (Å²) in [6.07, 6.45) is 0. The van der Waals surface area contributed by atoms with Gasteiger partial charge in [-0.05, 0) is 18.2 Å². The number of halogens is 1. The molecule has 0 fully saturated rings. The number of aryl methyl sites for hydroxylation is 1. The lowest BCUT2D eigenvalue weighted by Crippen LogP contribution is -2.28. The normalized spacial score (nSPS) is 10.6. The van der Waals surface area contributed by atoms with Crippen molar-refractivity contribution in [3.63, 3.8) is 0 Å². The van der Waals surface area contributed by atoms with Crippen molar-refractivity contribution >= 4 is 5.91 Å². The van der Waals surface area contributed by atoms with Gasteiger partial charge in [0.25, 0.3) is 0 Å².